The fourth-order valence-corrected chi connectivity index (χ4v) is 6.08. The highest BCUT2D eigenvalue weighted by atomic mass is 32.2. The number of rotatable bonds is 10. The van der Waals surface area contributed by atoms with Crippen LogP contribution in [-0.2, 0) is 19.4 Å². The molecule has 3 aromatic rings. The van der Waals surface area contributed by atoms with Crippen molar-refractivity contribution in [3.63, 3.8) is 0 Å². The SMILES string of the molecule is COc1ccc(S(=O)(=O)CC(=O)N(CCCN2CCOCC2)c2nc3ccc(OC)cc3s2)cc1. The third-order valence-electron chi connectivity index (χ3n) is 5.81. The van der Waals surface area contributed by atoms with Gasteiger partial charge in [-0.15, -0.1) is 0 Å². The van der Waals surface area contributed by atoms with Crippen LogP contribution < -0.4 is 14.4 Å². The number of sulfone groups is 1. The molecular formula is C24H29N3O6S2. The van der Waals surface area contributed by atoms with Gasteiger partial charge in [-0.2, -0.15) is 0 Å². The van der Waals surface area contributed by atoms with Gasteiger partial charge in [0.15, 0.2) is 15.0 Å². The molecule has 4 rings (SSSR count). The average Bonchev–Trinajstić information content (AvgIpc) is 3.29. The molecule has 1 aromatic heterocycles. The van der Waals surface area contributed by atoms with Crippen molar-refractivity contribution in [3.8, 4) is 11.5 Å². The summed E-state index contributed by atoms with van der Waals surface area (Å²) in [5.41, 5.74) is 0.731. The summed E-state index contributed by atoms with van der Waals surface area (Å²) in [6, 6.07) is 11.5. The summed E-state index contributed by atoms with van der Waals surface area (Å²) in [7, 11) is -0.739. The second-order valence-electron chi connectivity index (χ2n) is 8.12. The number of carbonyl (C=O) groups excluding carboxylic acids is 1. The van der Waals surface area contributed by atoms with Gasteiger partial charge >= 0.3 is 0 Å². The molecule has 2 heterocycles. The first-order chi connectivity index (χ1) is 16.9. The Morgan fingerprint density at radius 3 is 2.46 bits per heavy atom. The van der Waals surface area contributed by atoms with Crippen LogP contribution in [0.15, 0.2) is 47.4 Å². The highest BCUT2D eigenvalue weighted by molar-refractivity contribution is 7.92. The molecule has 9 nitrogen and oxygen atoms in total. The van der Waals surface area contributed by atoms with Crippen molar-refractivity contribution in [1.82, 2.24) is 9.88 Å². The van der Waals surface area contributed by atoms with Crippen LogP contribution >= 0.6 is 11.3 Å². The molecule has 1 saturated heterocycles. The van der Waals surface area contributed by atoms with Crippen molar-refractivity contribution in [2.45, 2.75) is 11.3 Å². The lowest BCUT2D eigenvalue weighted by Gasteiger charge is -2.27. The van der Waals surface area contributed by atoms with E-state index in [0.717, 1.165) is 29.9 Å². The first-order valence-corrected chi connectivity index (χ1v) is 13.8. The second-order valence-corrected chi connectivity index (χ2v) is 11.1. The largest absolute Gasteiger partial charge is 0.497 e. The molecule has 188 valence electrons. The van der Waals surface area contributed by atoms with Gasteiger partial charge in [-0.25, -0.2) is 13.4 Å². The van der Waals surface area contributed by atoms with Crippen LogP contribution in [0.25, 0.3) is 10.2 Å². The highest BCUT2D eigenvalue weighted by Gasteiger charge is 2.27. The Morgan fingerprint density at radius 2 is 1.77 bits per heavy atom. The van der Waals surface area contributed by atoms with E-state index in [1.54, 1.807) is 19.2 Å². The molecule has 0 atom stereocenters. The zero-order valence-electron chi connectivity index (χ0n) is 19.8. The predicted molar refractivity (Wildman–Crippen MR) is 135 cm³/mol. The zero-order chi connectivity index (χ0) is 24.8. The number of methoxy groups -OCH3 is 2. The minimum absolute atomic E-state index is 0.0777. The van der Waals surface area contributed by atoms with Gasteiger partial charge in [0.25, 0.3) is 0 Å². The lowest BCUT2D eigenvalue weighted by atomic mass is 10.3. The summed E-state index contributed by atoms with van der Waals surface area (Å²) in [6.07, 6.45) is 0.688. The van der Waals surface area contributed by atoms with E-state index < -0.39 is 21.5 Å². The number of hydrogen-bond acceptors (Lipinski definition) is 9. The third-order valence-corrected chi connectivity index (χ3v) is 8.47. The Labute approximate surface area is 209 Å². The van der Waals surface area contributed by atoms with Gasteiger partial charge in [-0.05, 0) is 48.9 Å². The standard InChI is InChI=1S/C24H29N3O6S2/c1-31-18-4-7-20(8-5-18)35(29,30)17-23(28)27(11-3-10-26-12-14-33-15-13-26)24-25-21-9-6-19(32-2)16-22(21)34-24/h4-9,16H,3,10-15,17H2,1-2H3. The van der Waals surface area contributed by atoms with Crippen molar-refractivity contribution in [3.05, 3.63) is 42.5 Å². The van der Waals surface area contributed by atoms with Crippen molar-refractivity contribution >= 4 is 42.4 Å². The van der Waals surface area contributed by atoms with Gasteiger partial charge in [0.1, 0.15) is 17.3 Å². The summed E-state index contributed by atoms with van der Waals surface area (Å²) in [5, 5.41) is 0.477. The minimum Gasteiger partial charge on any atom is -0.497 e. The molecule has 1 amide bonds. The molecule has 0 aliphatic carbocycles. The number of ether oxygens (including phenoxy) is 3. The first-order valence-electron chi connectivity index (χ1n) is 11.3. The maximum absolute atomic E-state index is 13.4. The number of thiazole rings is 1. The van der Waals surface area contributed by atoms with Gasteiger partial charge in [-0.1, -0.05) is 11.3 Å². The van der Waals surface area contributed by atoms with E-state index in [9.17, 15) is 13.2 Å². The Morgan fingerprint density at radius 1 is 1.09 bits per heavy atom. The lowest BCUT2D eigenvalue weighted by Crippen LogP contribution is -2.40. The fourth-order valence-electron chi connectivity index (χ4n) is 3.85. The molecular weight excluding hydrogens is 490 g/mol. The lowest BCUT2D eigenvalue weighted by molar-refractivity contribution is -0.116. The van der Waals surface area contributed by atoms with Gasteiger partial charge < -0.3 is 14.2 Å². The Hall–Kier alpha value is -2.73. The number of hydrogen-bond donors (Lipinski definition) is 0. The van der Waals surface area contributed by atoms with Crippen LogP contribution in [0.5, 0.6) is 11.5 Å². The summed E-state index contributed by atoms with van der Waals surface area (Å²) in [4.78, 5) is 21.8. The molecule has 0 N–H and O–H groups in total. The molecule has 2 aromatic carbocycles. The van der Waals surface area contributed by atoms with Crippen LogP contribution in [0, 0.1) is 0 Å². The minimum atomic E-state index is -3.84. The van der Waals surface area contributed by atoms with Crippen molar-refractivity contribution in [1.29, 1.82) is 0 Å². The van der Waals surface area contributed by atoms with Crippen LogP contribution in [0.3, 0.4) is 0 Å². The zero-order valence-corrected chi connectivity index (χ0v) is 21.4. The van der Waals surface area contributed by atoms with Gasteiger partial charge in [0.2, 0.25) is 5.91 Å². The molecule has 0 radical (unpaired) electrons. The Bertz CT molecular complexity index is 1250. The van der Waals surface area contributed by atoms with Gasteiger partial charge in [0, 0.05) is 26.2 Å². The summed E-state index contributed by atoms with van der Waals surface area (Å²) in [6.45, 7) is 4.24. The van der Waals surface area contributed by atoms with E-state index in [1.807, 2.05) is 18.2 Å². The molecule has 1 aliphatic heterocycles. The van der Waals surface area contributed by atoms with Crippen molar-refractivity contribution in [2.24, 2.45) is 0 Å². The number of benzene rings is 2. The molecule has 1 fully saturated rings. The van der Waals surface area contributed by atoms with Crippen LogP contribution in [0.1, 0.15) is 6.42 Å². The van der Waals surface area contributed by atoms with E-state index in [0.29, 0.717) is 42.8 Å². The average molecular weight is 520 g/mol. The molecule has 35 heavy (non-hydrogen) atoms. The van der Waals surface area contributed by atoms with Gasteiger partial charge in [0.05, 0.1) is 42.5 Å². The number of amides is 1. The third kappa shape index (κ3) is 6.29. The second kappa shape index (κ2) is 11.3. The van der Waals surface area contributed by atoms with Crippen LogP contribution in [-0.4, -0.2) is 83.6 Å². The highest BCUT2D eigenvalue weighted by Crippen LogP contribution is 2.32. The fraction of sp³-hybridized carbons (Fsp3) is 0.417. The van der Waals surface area contributed by atoms with Crippen molar-refractivity contribution < 1.29 is 27.4 Å². The van der Waals surface area contributed by atoms with E-state index in [-0.39, 0.29) is 4.90 Å². The number of fused-ring (bicyclic) bond motifs is 1. The normalized spacial score (nSPS) is 14.7. The summed E-state index contributed by atoms with van der Waals surface area (Å²) >= 11 is 1.35. The van der Waals surface area contributed by atoms with Gasteiger partial charge in [-0.3, -0.25) is 14.6 Å². The molecule has 0 unspecified atom stereocenters. The predicted octanol–water partition coefficient (Wildman–Crippen LogP) is 2.84. The maximum atomic E-state index is 13.4. The monoisotopic (exact) mass is 519 g/mol. The summed E-state index contributed by atoms with van der Waals surface area (Å²) < 4.78 is 42.7. The van der Waals surface area contributed by atoms with E-state index >= 15 is 0 Å². The molecule has 0 bridgehead atoms. The van der Waals surface area contributed by atoms with E-state index in [2.05, 4.69) is 9.88 Å². The first kappa shape index (κ1) is 25.4. The van der Waals surface area contributed by atoms with Crippen LogP contribution in [0.2, 0.25) is 0 Å². The smallest absolute Gasteiger partial charge is 0.244 e. The summed E-state index contributed by atoms with van der Waals surface area (Å²) in [5.74, 6) is 0.0922. The molecule has 0 saturated carbocycles. The number of aromatic nitrogens is 1. The molecule has 11 heteroatoms. The Balaban J connectivity index is 1.55. The van der Waals surface area contributed by atoms with Crippen LogP contribution in [0.4, 0.5) is 5.13 Å². The van der Waals surface area contributed by atoms with Crippen molar-refractivity contribution in [2.75, 3.05) is 64.3 Å². The van der Waals surface area contributed by atoms with E-state index in [1.165, 1.54) is 35.5 Å². The topological polar surface area (TPSA) is 98.3 Å². The van der Waals surface area contributed by atoms with E-state index in [4.69, 9.17) is 14.2 Å². The number of carbonyl (C=O) groups is 1. The molecule has 1 aliphatic rings. The number of nitrogens with zero attached hydrogens (tertiary/aromatic N) is 3. The quantitative estimate of drug-likeness (QED) is 0.403. The number of anilines is 1. The number of morpholine rings is 1. The molecule has 0 spiro atoms. The maximum Gasteiger partial charge on any atom is 0.244 e. The Kier molecular flexibility index (Phi) is 8.22.